The van der Waals surface area contributed by atoms with Gasteiger partial charge in [0.05, 0.1) is 6.61 Å². The van der Waals surface area contributed by atoms with Crippen LogP contribution in [0, 0.1) is 0 Å². The maximum absolute atomic E-state index is 8.97. The number of guanidine groups is 1. The monoisotopic (exact) mass is 405 g/mol. The van der Waals surface area contributed by atoms with Crippen LogP contribution in [-0.4, -0.2) is 24.2 Å². The minimum absolute atomic E-state index is 0. The van der Waals surface area contributed by atoms with E-state index in [9.17, 15) is 0 Å². The molecular weight excluding hydrogens is 377 g/mol. The molecule has 0 amide bonds. The van der Waals surface area contributed by atoms with Crippen molar-refractivity contribution in [3.63, 3.8) is 0 Å². The van der Waals surface area contributed by atoms with E-state index in [0.717, 1.165) is 31.5 Å². The molecule has 0 spiro atoms. The van der Waals surface area contributed by atoms with Gasteiger partial charge in [-0.3, -0.25) is 4.99 Å². The van der Waals surface area contributed by atoms with E-state index in [2.05, 4.69) is 17.2 Å². The molecule has 0 radical (unpaired) electrons. The Kier molecular flexibility index (Phi) is 12.4. The summed E-state index contributed by atoms with van der Waals surface area (Å²) in [4.78, 5) is 4.30. The SMILES string of the molecule is CCCCCCN=C(N)NCCc1ccc(CO)cc1.I. The lowest BCUT2D eigenvalue weighted by molar-refractivity contribution is 0.282. The summed E-state index contributed by atoms with van der Waals surface area (Å²) in [5, 5.41) is 12.1. The highest BCUT2D eigenvalue weighted by molar-refractivity contribution is 14.0. The predicted octanol–water partition coefficient (Wildman–Crippen LogP) is 2.82. The standard InChI is InChI=1S/C16H27N3O.HI/c1-2-3-4-5-11-18-16(17)19-12-10-14-6-8-15(13-20)9-7-14;/h6-9,20H,2-5,10-13H2,1H3,(H3,17,18,19);1H. The molecule has 4 nitrogen and oxygen atoms in total. The van der Waals surface area contributed by atoms with Crippen LogP contribution in [-0.2, 0) is 13.0 Å². The van der Waals surface area contributed by atoms with E-state index < -0.39 is 0 Å². The fourth-order valence-corrected chi connectivity index (χ4v) is 1.94. The number of rotatable bonds is 9. The first-order chi connectivity index (χ1) is 9.76. The Morgan fingerprint density at radius 3 is 2.43 bits per heavy atom. The Hall–Kier alpha value is -0.820. The average molecular weight is 405 g/mol. The second kappa shape index (κ2) is 12.9. The van der Waals surface area contributed by atoms with E-state index in [0.29, 0.717) is 5.96 Å². The number of aliphatic imine (C=N–C) groups is 1. The molecule has 0 unspecified atom stereocenters. The van der Waals surface area contributed by atoms with Crippen LogP contribution in [0.3, 0.4) is 0 Å². The fraction of sp³-hybridized carbons (Fsp3) is 0.562. The first-order valence-electron chi connectivity index (χ1n) is 7.48. The number of aliphatic hydroxyl groups excluding tert-OH is 1. The quantitative estimate of drug-likeness (QED) is 0.256. The van der Waals surface area contributed by atoms with Gasteiger partial charge in [0.25, 0.3) is 0 Å². The highest BCUT2D eigenvalue weighted by Gasteiger charge is 1.96. The molecule has 0 saturated heterocycles. The molecule has 1 aromatic carbocycles. The summed E-state index contributed by atoms with van der Waals surface area (Å²) in [5.74, 6) is 0.536. The van der Waals surface area contributed by atoms with Gasteiger partial charge in [0.1, 0.15) is 0 Å². The topological polar surface area (TPSA) is 70.6 Å². The number of benzene rings is 1. The number of nitrogens with zero attached hydrogens (tertiary/aromatic N) is 1. The minimum Gasteiger partial charge on any atom is -0.392 e. The van der Waals surface area contributed by atoms with Crippen LogP contribution >= 0.6 is 24.0 Å². The zero-order valence-electron chi connectivity index (χ0n) is 12.8. The van der Waals surface area contributed by atoms with Crippen LogP contribution in [0.4, 0.5) is 0 Å². The molecule has 0 aromatic heterocycles. The second-order valence-electron chi connectivity index (χ2n) is 4.98. The van der Waals surface area contributed by atoms with E-state index >= 15 is 0 Å². The van der Waals surface area contributed by atoms with E-state index in [-0.39, 0.29) is 30.6 Å². The molecule has 0 atom stereocenters. The van der Waals surface area contributed by atoms with Crippen LogP contribution < -0.4 is 11.1 Å². The van der Waals surface area contributed by atoms with Crippen molar-refractivity contribution in [2.75, 3.05) is 13.1 Å². The average Bonchev–Trinajstić information content (AvgIpc) is 2.48. The minimum atomic E-state index is 0. The number of hydrogen-bond acceptors (Lipinski definition) is 2. The maximum Gasteiger partial charge on any atom is 0.188 e. The number of nitrogens with one attached hydrogen (secondary N) is 1. The van der Waals surface area contributed by atoms with Gasteiger partial charge in [0.2, 0.25) is 0 Å². The van der Waals surface area contributed by atoms with Gasteiger partial charge < -0.3 is 16.2 Å². The number of nitrogens with two attached hydrogens (primary N) is 1. The van der Waals surface area contributed by atoms with Gasteiger partial charge in [-0.05, 0) is 24.0 Å². The van der Waals surface area contributed by atoms with Gasteiger partial charge in [-0.2, -0.15) is 0 Å². The fourth-order valence-electron chi connectivity index (χ4n) is 1.94. The molecule has 1 rings (SSSR count). The Balaban J connectivity index is 0.00000400. The molecule has 0 aliphatic carbocycles. The van der Waals surface area contributed by atoms with E-state index in [1.807, 2.05) is 24.3 Å². The molecule has 5 heteroatoms. The summed E-state index contributed by atoms with van der Waals surface area (Å²) in [6.07, 6.45) is 5.75. The largest absolute Gasteiger partial charge is 0.392 e. The number of aliphatic hydroxyl groups is 1. The Bertz CT molecular complexity index is 393. The Labute approximate surface area is 145 Å². The summed E-state index contributed by atoms with van der Waals surface area (Å²) in [7, 11) is 0. The Morgan fingerprint density at radius 2 is 1.81 bits per heavy atom. The van der Waals surface area contributed by atoms with E-state index in [1.165, 1.54) is 24.8 Å². The highest BCUT2D eigenvalue weighted by Crippen LogP contribution is 2.04. The van der Waals surface area contributed by atoms with Crippen molar-refractivity contribution in [2.45, 2.75) is 45.6 Å². The second-order valence-corrected chi connectivity index (χ2v) is 4.98. The van der Waals surface area contributed by atoms with Crippen LogP contribution in [0.2, 0.25) is 0 Å². The highest BCUT2D eigenvalue weighted by atomic mass is 127. The van der Waals surface area contributed by atoms with Gasteiger partial charge >= 0.3 is 0 Å². The molecule has 0 saturated carbocycles. The van der Waals surface area contributed by atoms with Gasteiger partial charge in [-0.15, -0.1) is 24.0 Å². The molecule has 0 aliphatic heterocycles. The van der Waals surface area contributed by atoms with Crippen molar-refractivity contribution >= 4 is 29.9 Å². The van der Waals surface area contributed by atoms with E-state index in [4.69, 9.17) is 10.8 Å². The summed E-state index contributed by atoms with van der Waals surface area (Å²) in [6.45, 7) is 3.88. The normalized spacial score (nSPS) is 11.0. The van der Waals surface area contributed by atoms with Crippen LogP contribution in [0.15, 0.2) is 29.3 Å². The third kappa shape index (κ3) is 9.68. The van der Waals surface area contributed by atoms with E-state index in [1.54, 1.807) is 0 Å². The first kappa shape index (κ1) is 20.2. The Morgan fingerprint density at radius 1 is 1.14 bits per heavy atom. The van der Waals surface area contributed by atoms with Crippen molar-refractivity contribution in [2.24, 2.45) is 10.7 Å². The molecule has 4 N–H and O–H groups in total. The third-order valence-electron chi connectivity index (χ3n) is 3.22. The van der Waals surface area contributed by atoms with Gasteiger partial charge in [-0.25, -0.2) is 0 Å². The lowest BCUT2D eigenvalue weighted by Crippen LogP contribution is -2.33. The zero-order valence-corrected chi connectivity index (χ0v) is 15.2. The van der Waals surface area contributed by atoms with Gasteiger partial charge in [-0.1, -0.05) is 50.5 Å². The van der Waals surface area contributed by atoms with Crippen molar-refractivity contribution in [3.05, 3.63) is 35.4 Å². The first-order valence-corrected chi connectivity index (χ1v) is 7.48. The van der Waals surface area contributed by atoms with Gasteiger partial charge in [0.15, 0.2) is 5.96 Å². The van der Waals surface area contributed by atoms with Crippen molar-refractivity contribution < 1.29 is 5.11 Å². The molecule has 0 aliphatic rings. The summed E-state index contributed by atoms with van der Waals surface area (Å²) < 4.78 is 0. The maximum atomic E-state index is 8.97. The molecule has 0 bridgehead atoms. The van der Waals surface area contributed by atoms with Crippen LogP contribution in [0.5, 0.6) is 0 Å². The summed E-state index contributed by atoms with van der Waals surface area (Å²) >= 11 is 0. The molecule has 0 heterocycles. The van der Waals surface area contributed by atoms with Crippen LogP contribution in [0.1, 0.15) is 43.7 Å². The number of unbranched alkanes of at least 4 members (excludes halogenated alkanes) is 3. The zero-order chi connectivity index (χ0) is 14.6. The predicted molar refractivity (Wildman–Crippen MR) is 100 cm³/mol. The van der Waals surface area contributed by atoms with Crippen molar-refractivity contribution in [1.82, 2.24) is 5.32 Å². The summed E-state index contributed by atoms with van der Waals surface area (Å²) in [5.41, 5.74) is 7.97. The van der Waals surface area contributed by atoms with Gasteiger partial charge in [0, 0.05) is 13.1 Å². The molecule has 1 aromatic rings. The van der Waals surface area contributed by atoms with Crippen LogP contribution in [0.25, 0.3) is 0 Å². The molecule has 21 heavy (non-hydrogen) atoms. The molecular formula is C16H28IN3O. The third-order valence-corrected chi connectivity index (χ3v) is 3.22. The van der Waals surface area contributed by atoms with Crippen molar-refractivity contribution in [1.29, 1.82) is 0 Å². The number of halogens is 1. The molecule has 0 fully saturated rings. The lowest BCUT2D eigenvalue weighted by Gasteiger charge is -2.06. The molecule has 120 valence electrons. The van der Waals surface area contributed by atoms with Crippen molar-refractivity contribution in [3.8, 4) is 0 Å². The lowest BCUT2D eigenvalue weighted by atomic mass is 10.1. The summed E-state index contributed by atoms with van der Waals surface area (Å²) in [6, 6.07) is 7.96. The number of hydrogen-bond donors (Lipinski definition) is 3. The smallest absolute Gasteiger partial charge is 0.188 e.